The van der Waals surface area contributed by atoms with Crippen LogP contribution in [0.5, 0.6) is 5.75 Å². The smallest absolute Gasteiger partial charge is 0.493 e. The summed E-state index contributed by atoms with van der Waals surface area (Å²) >= 11 is 0. The summed E-state index contributed by atoms with van der Waals surface area (Å²) in [5.41, 5.74) is -1.37. The predicted octanol–water partition coefficient (Wildman–Crippen LogP) is 4.96. The Balaban J connectivity index is 2.46. The zero-order chi connectivity index (χ0) is 20.4. The van der Waals surface area contributed by atoms with Crippen molar-refractivity contribution in [2.45, 2.75) is 65.3 Å². The standard InChI is InChI=1S/C20H29BF2O4/c1-13(2)25-12-11-15(14-9-8-10-16(22)17(14)24-7)18(23)21-26-19(3,4)20(5,6)27-21/h8-10,13H,11-12H2,1-7H3. The first-order valence-electron chi connectivity index (χ1n) is 9.19. The van der Waals surface area contributed by atoms with E-state index < -0.39 is 29.9 Å². The van der Waals surface area contributed by atoms with Gasteiger partial charge in [-0.15, -0.1) is 0 Å². The third-order valence-electron chi connectivity index (χ3n) is 5.05. The van der Waals surface area contributed by atoms with Crippen molar-refractivity contribution in [3.63, 3.8) is 0 Å². The molecule has 1 fully saturated rings. The van der Waals surface area contributed by atoms with Gasteiger partial charge in [0.15, 0.2) is 11.6 Å². The Bertz CT molecular complexity index is 685. The molecule has 1 heterocycles. The van der Waals surface area contributed by atoms with Crippen LogP contribution in [0.25, 0.3) is 5.57 Å². The molecule has 1 aliphatic rings. The average Bonchev–Trinajstić information content (AvgIpc) is 2.78. The molecule has 150 valence electrons. The zero-order valence-electron chi connectivity index (χ0n) is 17.2. The third-order valence-corrected chi connectivity index (χ3v) is 5.05. The third kappa shape index (κ3) is 4.70. The molecule has 0 aromatic heterocycles. The molecule has 0 aliphatic carbocycles. The summed E-state index contributed by atoms with van der Waals surface area (Å²) in [4.78, 5) is 0. The number of para-hydroxylation sites is 1. The van der Waals surface area contributed by atoms with E-state index >= 15 is 4.39 Å². The van der Waals surface area contributed by atoms with Gasteiger partial charge in [0.2, 0.25) is 0 Å². The minimum atomic E-state index is -1.17. The summed E-state index contributed by atoms with van der Waals surface area (Å²) in [6.45, 7) is 11.5. The van der Waals surface area contributed by atoms with Gasteiger partial charge in [-0.2, -0.15) is 0 Å². The lowest BCUT2D eigenvalue weighted by Crippen LogP contribution is -2.41. The molecule has 2 rings (SSSR count). The van der Waals surface area contributed by atoms with E-state index in [9.17, 15) is 4.39 Å². The maximum Gasteiger partial charge on any atom is 0.525 e. The van der Waals surface area contributed by atoms with Gasteiger partial charge in [-0.25, -0.2) is 8.78 Å². The molecule has 1 aliphatic heterocycles. The van der Waals surface area contributed by atoms with Crippen LogP contribution >= 0.6 is 0 Å². The average molecular weight is 382 g/mol. The fourth-order valence-electron chi connectivity index (χ4n) is 2.82. The summed E-state index contributed by atoms with van der Waals surface area (Å²) in [6.07, 6.45) is 0.231. The number of rotatable bonds is 7. The van der Waals surface area contributed by atoms with Crippen LogP contribution in [0.3, 0.4) is 0 Å². The number of benzene rings is 1. The monoisotopic (exact) mass is 382 g/mol. The van der Waals surface area contributed by atoms with Crippen molar-refractivity contribution < 1.29 is 27.6 Å². The highest BCUT2D eigenvalue weighted by molar-refractivity contribution is 6.55. The Hall–Kier alpha value is -1.44. The van der Waals surface area contributed by atoms with Crippen molar-refractivity contribution >= 4 is 12.7 Å². The molecular weight excluding hydrogens is 353 g/mol. The highest BCUT2D eigenvalue weighted by Crippen LogP contribution is 2.42. The van der Waals surface area contributed by atoms with Crippen LogP contribution in [0.4, 0.5) is 8.78 Å². The van der Waals surface area contributed by atoms with Crippen LogP contribution in [-0.4, -0.2) is 38.1 Å². The molecule has 0 radical (unpaired) electrons. The fourth-order valence-corrected chi connectivity index (χ4v) is 2.82. The van der Waals surface area contributed by atoms with Gasteiger partial charge < -0.3 is 18.8 Å². The topological polar surface area (TPSA) is 36.9 Å². The Labute approximate surface area is 161 Å². The van der Waals surface area contributed by atoms with Crippen LogP contribution in [0.15, 0.2) is 23.9 Å². The Morgan fingerprint density at radius 3 is 2.26 bits per heavy atom. The van der Waals surface area contributed by atoms with Crippen molar-refractivity contribution in [2.75, 3.05) is 13.7 Å². The van der Waals surface area contributed by atoms with Crippen LogP contribution in [0, 0.1) is 5.82 Å². The minimum Gasteiger partial charge on any atom is -0.493 e. The van der Waals surface area contributed by atoms with E-state index in [2.05, 4.69) is 0 Å². The first-order valence-corrected chi connectivity index (χ1v) is 9.19. The van der Waals surface area contributed by atoms with Crippen molar-refractivity contribution in [1.29, 1.82) is 0 Å². The Kier molecular flexibility index (Phi) is 6.71. The van der Waals surface area contributed by atoms with E-state index in [1.807, 2.05) is 41.5 Å². The van der Waals surface area contributed by atoms with Crippen LogP contribution < -0.4 is 4.74 Å². The largest absolute Gasteiger partial charge is 0.525 e. The molecule has 0 bridgehead atoms. The molecule has 0 spiro atoms. The predicted molar refractivity (Wildman–Crippen MR) is 103 cm³/mol. The number of halogens is 2. The zero-order valence-corrected chi connectivity index (χ0v) is 17.2. The highest BCUT2D eigenvalue weighted by atomic mass is 19.1. The second-order valence-electron chi connectivity index (χ2n) is 7.90. The molecule has 1 aromatic rings. The van der Waals surface area contributed by atoms with E-state index in [4.69, 9.17) is 18.8 Å². The second-order valence-corrected chi connectivity index (χ2v) is 7.90. The van der Waals surface area contributed by atoms with Crippen molar-refractivity contribution in [3.05, 3.63) is 35.3 Å². The summed E-state index contributed by atoms with van der Waals surface area (Å²) < 4.78 is 52.1. The Morgan fingerprint density at radius 1 is 1.15 bits per heavy atom. The number of ether oxygens (including phenoxy) is 2. The molecule has 0 N–H and O–H groups in total. The highest BCUT2D eigenvalue weighted by Gasteiger charge is 2.53. The fraction of sp³-hybridized carbons (Fsp3) is 0.600. The number of hydrogen-bond acceptors (Lipinski definition) is 4. The summed E-state index contributed by atoms with van der Waals surface area (Å²) in [5.74, 6) is -0.567. The molecule has 1 saturated heterocycles. The van der Waals surface area contributed by atoms with E-state index in [1.165, 1.54) is 19.2 Å². The first kappa shape index (κ1) is 21.9. The maximum absolute atomic E-state index is 15.5. The molecule has 0 atom stereocenters. The lowest BCUT2D eigenvalue weighted by Gasteiger charge is -2.32. The molecule has 0 saturated carbocycles. The lowest BCUT2D eigenvalue weighted by atomic mass is 9.81. The molecule has 0 amide bonds. The summed E-state index contributed by atoms with van der Waals surface area (Å²) in [5, 5.41) is 0. The van der Waals surface area contributed by atoms with E-state index in [-0.39, 0.29) is 30.5 Å². The van der Waals surface area contributed by atoms with Crippen molar-refractivity contribution in [1.82, 2.24) is 0 Å². The van der Waals surface area contributed by atoms with Gasteiger partial charge in [-0.3, -0.25) is 0 Å². The SMILES string of the molecule is COc1c(F)cccc1C(CCOC(C)C)=C(F)B1OC(C)(C)C(C)(C)O1. The van der Waals surface area contributed by atoms with Gasteiger partial charge in [-0.1, -0.05) is 12.1 Å². The van der Waals surface area contributed by atoms with Crippen molar-refractivity contribution in [2.24, 2.45) is 0 Å². The molecule has 0 unspecified atom stereocenters. The van der Waals surface area contributed by atoms with Crippen molar-refractivity contribution in [3.8, 4) is 5.75 Å². The maximum atomic E-state index is 15.5. The van der Waals surface area contributed by atoms with Gasteiger partial charge in [-0.05, 0) is 59.6 Å². The molecule has 4 nitrogen and oxygen atoms in total. The lowest BCUT2D eigenvalue weighted by molar-refractivity contribution is 0.00578. The van der Waals surface area contributed by atoms with E-state index in [0.717, 1.165) is 0 Å². The van der Waals surface area contributed by atoms with Crippen LogP contribution in [-0.2, 0) is 14.0 Å². The normalized spacial score (nSPS) is 19.4. The molecular formula is C20H29BF2O4. The van der Waals surface area contributed by atoms with Crippen LogP contribution in [0.1, 0.15) is 53.5 Å². The summed E-state index contributed by atoms with van der Waals surface area (Å²) in [6, 6.07) is 4.42. The first-order chi connectivity index (χ1) is 12.5. The second kappa shape index (κ2) is 8.29. The summed E-state index contributed by atoms with van der Waals surface area (Å²) in [7, 11) is 0.189. The van der Waals surface area contributed by atoms with E-state index in [0.29, 0.717) is 5.56 Å². The van der Waals surface area contributed by atoms with E-state index in [1.54, 1.807) is 6.07 Å². The van der Waals surface area contributed by atoms with Gasteiger partial charge in [0.25, 0.3) is 0 Å². The van der Waals surface area contributed by atoms with Gasteiger partial charge in [0.1, 0.15) is 5.73 Å². The number of hydrogen-bond donors (Lipinski definition) is 0. The molecule has 7 heteroatoms. The molecule has 27 heavy (non-hydrogen) atoms. The van der Waals surface area contributed by atoms with Gasteiger partial charge in [0, 0.05) is 5.56 Å². The van der Waals surface area contributed by atoms with Gasteiger partial charge in [0.05, 0.1) is 31.0 Å². The Morgan fingerprint density at radius 2 is 1.74 bits per heavy atom. The van der Waals surface area contributed by atoms with Gasteiger partial charge >= 0.3 is 7.12 Å². The molecule has 1 aromatic carbocycles. The number of methoxy groups -OCH3 is 1. The quantitative estimate of drug-likeness (QED) is 0.625. The minimum absolute atomic E-state index is 0.000522. The van der Waals surface area contributed by atoms with Crippen LogP contribution in [0.2, 0.25) is 0 Å².